The fraction of sp³-hybridized carbons (Fsp3) is 0.562. The molecule has 46 heavy (non-hydrogen) atoms. The molecule has 3 fully saturated rings. The number of nitrogens with one attached hydrogen (secondary N) is 2. The van der Waals surface area contributed by atoms with Crippen LogP contribution in [0.15, 0.2) is 36.8 Å². The topological polar surface area (TPSA) is 132 Å². The maximum atomic E-state index is 14.9. The zero-order chi connectivity index (χ0) is 32.5. The van der Waals surface area contributed by atoms with Crippen LogP contribution in [0, 0.1) is 5.82 Å². The van der Waals surface area contributed by atoms with Crippen LogP contribution in [-0.2, 0) is 0 Å². The molecule has 0 bridgehead atoms. The lowest BCUT2D eigenvalue weighted by atomic mass is 9.83. The molecule has 14 heteroatoms. The maximum Gasteiger partial charge on any atom is 0.290 e. The highest BCUT2D eigenvalue weighted by Gasteiger charge is 2.44. The van der Waals surface area contributed by atoms with E-state index in [2.05, 4.69) is 42.5 Å². The fourth-order valence-corrected chi connectivity index (χ4v) is 6.17. The quantitative estimate of drug-likeness (QED) is 0.275. The van der Waals surface area contributed by atoms with Crippen molar-refractivity contribution in [1.82, 2.24) is 24.8 Å². The third-order valence-electron chi connectivity index (χ3n) is 9.13. The zero-order valence-corrected chi connectivity index (χ0v) is 26.1. The van der Waals surface area contributed by atoms with E-state index in [1.165, 1.54) is 4.90 Å². The molecule has 3 aromatic rings. The van der Waals surface area contributed by atoms with E-state index in [-0.39, 0.29) is 42.7 Å². The number of piperidine rings is 2. The molecule has 0 spiro atoms. The first-order valence-corrected chi connectivity index (χ1v) is 15.9. The molecule has 6 rings (SSSR count). The minimum atomic E-state index is -3.33. The average molecular weight is 643 g/mol. The van der Waals surface area contributed by atoms with Crippen molar-refractivity contribution >= 4 is 23.3 Å². The lowest BCUT2D eigenvalue weighted by molar-refractivity contribution is -0.113. The summed E-state index contributed by atoms with van der Waals surface area (Å²) in [5.41, 5.74) is 1.41. The van der Waals surface area contributed by atoms with Crippen LogP contribution < -0.4 is 20.3 Å². The molecule has 5 heterocycles. The summed E-state index contributed by atoms with van der Waals surface area (Å²) in [5, 5.41) is 26.6. The summed E-state index contributed by atoms with van der Waals surface area (Å²) in [6.07, 6.45) is 7.25. The van der Waals surface area contributed by atoms with Gasteiger partial charge in [0.05, 0.1) is 30.2 Å². The van der Waals surface area contributed by atoms with Crippen LogP contribution in [0.5, 0.6) is 5.75 Å². The summed E-state index contributed by atoms with van der Waals surface area (Å²) < 4.78 is 49.4. The number of nitrogens with zero attached hydrogens (tertiary/aromatic N) is 6. The number of ether oxygens (including phenoxy) is 1. The van der Waals surface area contributed by atoms with Crippen LogP contribution in [0.25, 0.3) is 11.3 Å². The summed E-state index contributed by atoms with van der Waals surface area (Å²) in [6.45, 7) is 3.16. The van der Waals surface area contributed by atoms with Crippen molar-refractivity contribution in [1.29, 1.82) is 0 Å². The van der Waals surface area contributed by atoms with E-state index < -0.39 is 30.0 Å². The molecule has 1 aliphatic carbocycles. The molecule has 0 aromatic carbocycles. The Labute approximate surface area is 266 Å². The van der Waals surface area contributed by atoms with Crippen molar-refractivity contribution in [3.63, 3.8) is 0 Å². The Kier molecular flexibility index (Phi) is 9.22. The number of hydrogen-bond acceptors (Lipinski definition) is 11. The molecule has 1 unspecified atom stereocenters. The molecule has 2 saturated heterocycles. The Morgan fingerprint density at radius 2 is 1.74 bits per heavy atom. The van der Waals surface area contributed by atoms with Crippen LogP contribution in [0.4, 0.5) is 36.4 Å². The van der Waals surface area contributed by atoms with Crippen molar-refractivity contribution < 1.29 is 28.1 Å². The molecule has 0 amide bonds. The number of likely N-dealkylation sites (tertiary alicyclic amines) is 1. The number of alkyl halides is 2. The van der Waals surface area contributed by atoms with Gasteiger partial charge in [0.2, 0.25) is 5.95 Å². The number of rotatable bonds is 8. The van der Waals surface area contributed by atoms with Gasteiger partial charge in [0, 0.05) is 49.2 Å². The Morgan fingerprint density at radius 1 is 0.978 bits per heavy atom. The minimum Gasteiger partial charge on any atom is -0.489 e. The van der Waals surface area contributed by atoms with E-state index in [0.29, 0.717) is 30.0 Å². The predicted molar refractivity (Wildman–Crippen MR) is 168 cm³/mol. The Morgan fingerprint density at radius 3 is 2.43 bits per heavy atom. The van der Waals surface area contributed by atoms with Gasteiger partial charge in [-0.1, -0.05) is 0 Å². The molecule has 0 radical (unpaired) electrons. The van der Waals surface area contributed by atoms with E-state index in [0.717, 1.165) is 50.5 Å². The van der Waals surface area contributed by atoms with Crippen LogP contribution in [0.3, 0.4) is 0 Å². The SMILES string of the molecule is CN1CCC(Oc2ccc(-c3cnc(Nc4nc(N5CCC(O)C(F)(F)C5)ncc4F)cc3NC3CCC(C)(O)CC3)nc2)CC1. The Balaban J connectivity index is 1.23. The van der Waals surface area contributed by atoms with E-state index in [1.807, 2.05) is 19.1 Å². The third kappa shape index (κ3) is 7.61. The first-order chi connectivity index (χ1) is 21.9. The van der Waals surface area contributed by atoms with Gasteiger partial charge in [0.25, 0.3) is 5.92 Å². The van der Waals surface area contributed by atoms with Crippen LogP contribution >= 0.6 is 0 Å². The van der Waals surface area contributed by atoms with Gasteiger partial charge in [0.15, 0.2) is 11.6 Å². The van der Waals surface area contributed by atoms with Gasteiger partial charge in [-0.25, -0.2) is 23.1 Å². The van der Waals surface area contributed by atoms with Crippen LogP contribution in [0.2, 0.25) is 0 Å². The lowest BCUT2D eigenvalue weighted by Gasteiger charge is -2.35. The molecule has 1 saturated carbocycles. The first kappa shape index (κ1) is 32.2. The first-order valence-electron chi connectivity index (χ1n) is 15.9. The number of aliphatic hydroxyl groups is 2. The lowest BCUT2D eigenvalue weighted by Crippen LogP contribution is -2.52. The summed E-state index contributed by atoms with van der Waals surface area (Å²) in [5.74, 6) is -3.42. The third-order valence-corrected chi connectivity index (χ3v) is 9.13. The number of aromatic nitrogens is 4. The number of hydrogen-bond donors (Lipinski definition) is 4. The van der Waals surface area contributed by atoms with Gasteiger partial charge in [-0.3, -0.25) is 4.98 Å². The largest absolute Gasteiger partial charge is 0.489 e. The van der Waals surface area contributed by atoms with Crippen molar-refractivity contribution in [2.24, 2.45) is 0 Å². The highest BCUT2D eigenvalue weighted by Crippen LogP contribution is 2.35. The molecule has 1 atom stereocenters. The standard InChI is InChI=1S/C32H41F3N8O3/c1-31(45)10-5-20(6-11-31)39-26-15-28(40-29-24(33)18-38-30(41-29)43-14-9-27(44)32(34,35)19-43)37-17-23(26)25-4-3-22(16-36-25)46-21-7-12-42(2)13-8-21/h3-4,15-18,20-21,27,44-45H,5-14,19H2,1-2H3,(H2,37,38,39,40,41). The summed E-state index contributed by atoms with van der Waals surface area (Å²) in [4.78, 5) is 20.8. The van der Waals surface area contributed by atoms with E-state index in [4.69, 9.17) is 4.74 Å². The highest BCUT2D eigenvalue weighted by atomic mass is 19.3. The van der Waals surface area contributed by atoms with Gasteiger partial charge in [-0.2, -0.15) is 4.98 Å². The Hall–Kier alpha value is -3.75. The number of halogens is 3. The van der Waals surface area contributed by atoms with Gasteiger partial charge in [-0.15, -0.1) is 0 Å². The second-order valence-corrected chi connectivity index (χ2v) is 13.0. The van der Waals surface area contributed by atoms with Gasteiger partial charge >= 0.3 is 0 Å². The fourth-order valence-electron chi connectivity index (χ4n) is 6.17. The van der Waals surface area contributed by atoms with E-state index in [1.54, 1.807) is 18.5 Å². The summed E-state index contributed by atoms with van der Waals surface area (Å²) >= 11 is 0. The van der Waals surface area contributed by atoms with Crippen LogP contribution in [0.1, 0.15) is 51.9 Å². The second kappa shape index (κ2) is 13.2. The molecule has 248 valence electrons. The molecular weight excluding hydrogens is 601 g/mol. The molecule has 11 nitrogen and oxygen atoms in total. The molecular formula is C32H41F3N8O3. The minimum absolute atomic E-state index is 0.0774. The number of pyridine rings is 2. The summed E-state index contributed by atoms with van der Waals surface area (Å²) in [6, 6.07) is 5.60. The molecule has 4 N–H and O–H groups in total. The zero-order valence-electron chi connectivity index (χ0n) is 26.1. The highest BCUT2D eigenvalue weighted by molar-refractivity contribution is 5.78. The summed E-state index contributed by atoms with van der Waals surface area (Å²) in [7, 11) is 2.11. The maximum absolute atomic E-state index is 14.9. The Bertz CT molecular complexity index is 1490. The molecule has 3 aliphatic rings. The average Bonchev–Trinajstić information content (AvgIpc) is 3.02. The van der Waals surface area contributed by atoms with Crippen molar-refractivity contribution in [2.45, 2.75) is 81.6 Å². The molecule has 2 aliphatic heterocycles. The molecule has 3 aromatic heterocycles. The number of aliphatic hydroxyl groups excluding tert-OH is 1. The normalized spacial score (nSPS) is 25.7. The number of anilines is 4. The second-order valence-electron chi connectivity index (χ2n) is 13.0. The van der Waals surface area contributed by atoms with E-state index in [9.17, 15) is 23.4 Å². The van der Waals surface area contributed by atoms with Gasteiger partial charge in [0.1, 0.15) is 23.8 Å². The van der Waals surface area contributed by atoms with Crippen molar-refractivity contribution in [2.75, 3.05) is 48.8 Å². The van der Waals surface area contributed by atoms with E-state index >= 15 is 0 Å². The smallest absolute Gasteiger partial charge is 0.290 e. The van der Waals surface area contributed by atoms with Crippen LogP contribution in [-0.4, -0.2) is 98.0 Å². The predicted octanol–water partition coefficient (Wildman–Crippen LogP) is 4.60. The van der Waals surface area contributed by atoms with Crippen molar-refractivity contribution in [3.05, 3.63) is 42.6 Å². The van der Waals surface area contributed by atoms with Gasteiger partial charge < -0.3 is 35.4 Å². The monoisotopic (exact) mass is 642 g/mol. The van der Waals surface area contributed by atoms with Gasteiger partial charge in [-0.05, 0) is 71.0 Å². The van der Waals surface area contributed by atoms with Crippen molar-refractivity contribution in [3.8, 4) is 17.0 Å².